The molecule has 0 saturated heterocycles. The second-order valence-corrected chi connectivity index (χ2v) is 5.45. The third-order valence-electron chi connectivity index (χ3n) is 3.42. The van der Waals surface area contributed by atoms with Crippen LogP contribution in [0, 0.1) is 0 Å². The first-order valence-corrected chi connectivity index (χ1v) is 7.89. The smallest absolute Gasteiger partial charge is 0.251 e. The van der Waals surface area contributed by atoms with E-state index in [4.69, 9.17) is 0 Å². The minimum absolute atomic E-state index is 0.158. The number of benzene rings is 1. The molecule has 0 aromatic heterocycles. The fourth-order valence-corrected chi connectivity index (χ4v) is 2.08. The molecular weight excluding hydrogens is 278 g/mol. The molecule has 5 heteroatoms. The number of rotatable bonds is 8. The Morgan fingerprint density at radius 3 is 2.32 bits per heavy atom. The Hall–Kier alpha value is -2.04. The van der Waals surface area contributed by atoms with Crippen LogP contribution in [0.1, 0.15) is 44.0 Å². The minimum Gasteiger partial charge on any atom is -0.375 e. The molecule has 2 N–H and O–H groups in total. The van der Waals surface area contributed by atoms with Gasteiger partial charge in [0.1, 0.15) is 6.04 Å². The lowest BCUT2D eigenvalue weighted by Crippen LogP contribution is -2.45. The van der Waals surface area contributed by atoms with E-state index >= 15 is 0 Å². The maximum atomic E-state index is 12.1. The lowest BCUT2D eigenvalue weighted by atomic mass is 10.1. The van der Waals surface area contributed by atoms with Crippen molar-refractivity contribution in [3.63, 3.8) is 0 Å². The van der Waals surface area contributed by atoms with Gasteiger partial charge in [-0.2, -0.15) is 0 Å². The highest BCUT2D eigenvalue weighted by molar-refractivity contribution is 5.97. The summed E-state index contributed by atoms with van der Waals surface area (Å²) in [7, 11) is 2.03. The highest BCUT2D eigenvalue weighted by Gasteiger charge is 2.16. The first-order chi connectivity index (χ1) is 10.5. The molecule has 0 aliphatic rings. The van der Waals surface area contributed by atoms with Crippen LogP contribution in [-0.2, 0) is 4.79 Å². The number of nitrogens with one attached hydrogen (secondary N) is 2. The molecular formula is C17H27N3O2. The predicted molar refractivity (Wildman–Crippen MR) is 90.2 cm³/mol. The SMILES string of the molecule is CCCNC(=O)C(C)NC(=O)c1ccc(N(C)CCC)cc1. The van der Waals surface area contributed by atoms with Gasteiger partial charge < -0.3 is 15.5 Å². The largest absolute Gasteiger partial charge is 0.375 e. The summed E-state index contributed by atoms with van der Waals surface area (Å²) in [6.07, 6.45) is 1.95. The molecule has 0 heterocycles. The summed E-state index contributed by atoms with van der Waals surface area (Å²) < 4.78 is 0. The van der Waals surface area contributed by atoms with Crippen LogP contribution in [0.4, 0.5) is 5.69 Å². The topological polar surface area (TPSA) is 61.4 Å². The number of hydrogen-bond acceptors (Lipinski definition) is 3. The first-order valence-electron chi connectivity index (χ1n) is 7.89. The summed E-state index contributed by atoms with van der Waals surface area (Å²) in [5.74, 6) is -0.390. The maximum Gasteiger partial charge on any atom is 0.251 e. The van der Waals surface area contributed by atoms with Gasteiger partial charge in [0.25, 0.3) is 5.91 Å². The minimum atomic E-state index is -0.540. The number of nitrogens with zero attached hydrogens (tertiary/aromatic N) is 1. The second kappa shape index (κ2) is 9.07. The second-order valence-electron chi connectivity index (χ2n) is 5.45. The van der Waals surface area contributed by atoms with Crippen LogP contribution in [0.2, 0.25) is 0 Å². The number of hydrogen-bond donors (Lipinski definition) is 2. The Kier molecular flexibility index (Phi) is 7.43. The number of amides is 2. The van der Waals surface area contributed by atoms with Gasteiger partial charge in [-0.15, -0.1) is 0 Å². The van der Waals surface area contributed by atoms with Gasteiger partial charge in [-0.05, 0) is 44.0 Å². The Balaban J connectivity index is 2.60. The third kappa shape index (κ3) is 5.39. The van der Waals surface area contributed by atoms with E-state index in [0.717, 1.165) is 25.1 Å². The van der Waals surface area contributed by atoms with Crippen molar-refractivity contribution >= 4 is 17.5 Å². The zero-order valence-electron chi connectivity index (χ0n) is 14.0. The van der Waals surface area contributed by atoms with E-state index in [9.17, 15) is 9.59 Å². The zero-order chi connectivity index (χ0) is 16.5. The molecule has 122 valence electrons. The van der Waals surface area contributed by atoms with E-state index in [1.807, 2.05) is 26.1 Å². The number of carbonyl (C=O) groups excluding carboxylic acids is 2. The van der Waals surface area contributed by atoms with E-state index in [1.54, 1.807) is 19.1 Å². The van der Waals surface area contributed by atoms with Crippen LogP contribution in [-0.4, -0.2) is 38.0 Å². The van der Waals surface area contributed by atoms with Crippen molar-refractivity contribution in [1.29, 1.82) is 0 Å². The summed E-state index contributed by atoms with van der Waals surface area (Å²) in [6, 6.07) is 6.88. The summed E-state index contributed by atoms with van der Waals surface area (Å²) in [6.45, 7) is 7.40. The monoisotopic (exact) mass is 305 g/mol. The van der Waals surface area contributed by atoms with Crippen molar-refractivity contribution in [1.82, 2.24) is 10.6 Å². The van der Waals surface area contributed by atoms with Gasteiger partial charge in [0.15, 0.2) is 0 Å². The van der Waals surface area contributed by atoms with Crippen LogP contribution in [0.3, 0.4) is 0 Å². The highest BCUT2D eigenvalue weighted by Crippen LogP contribution is 2.14. The summed E-state index contributed by atoms with van der Waals surface area (Å²) in [4.78, 5) is 26.0. The molecule has 22 heavy (non-hydrogen) atoms. The summed E-state index contributed by atoms with van der Waals surface area (Å²) in [5, 5.41) is 5.48. The van der Waals surface area contributed by atoms with E-state index in [0.29, 0.717) is 12.1 Å². The molecule has 2 amide bonds. The van der Waals surface area contributed by atoms with Crippen molar-refractivity contribution in [2.75, 3.05) is 25.0 Å². The quantitative estimate of drug-likeness (QED) is 0.774. The molecule has 0 fully saturated rings. The van der Waals surface area contributed by atoms with Crippen LogP contribution in [0.5, 0.6) is 0 Å². The molecule has 0 aliphatic carbocycles. The van der Waals surface area contributed by atoms with Gasteiger partial charge in [-0.25, -0.2) is 0 Å². The Morgan fingerprint density at radius 1 is 1.14 bits per heavy atom. The lowest BCUT2D eigenvalue weighted by molar-refractivity contribution is -0.122. The average Bonchev–Trinajstić information content (AvgIpc) is 2.52. The Bertz CT molecular complexity index is 485. The van der Waals surface area contributed by atoms with Crippen molar-refractivity contribution in [3.8, 4) is 0 Å². The first kappa shape index (κ1) is 18.0. The van der Waals surface area contributed by atoms with Crippen molar-refractivity contribution in [3.05, 3.63) is 29.8 Å². The van der Waals surface area contributed by atoms with Gasteiger partial charge in [0.05, 0.1) is 0 Å². The fraction of sp³-hybridized carbons (Fsp3) is 0.529. The fourth-order valence-electron chi connectivity index (χ4n) is 2.08. The third-order valence-corrected chi connectivity index (χ3v) is 3.42. The standard InChI is InChI=1S/C17H27N3O2/c1-5-11-18-16(21)13(3)19-17(22)14-7-9-15(10-8-14)20(4)12-6-2/h7-10,13H,5-6,11-12H2,1-4H3,(H,18,21)(H,19,22). The Labute approximate surface area is 133 Å². The molecule has 1 unspecified atom stereocenters. The average molecular weight is 305 g/mol. The van der Waals surface area contributed by atoms with E-state index in [2.05, 4.69) is 22.5 Å². The van der Waals surface area contributed by atoms with Gasteiger partial charge in [-0.3, -0.25) is 9.59 Å². The van der Waals surface area contributed by atoms with E-state index in [-0.39, 0.29) is 11.8 Å². The molecule has 5 nitrogen and oxygen atoms in total. The zero-order valence-corrected chi connectivity index (χ0v) is 14.0. The van der Waals surface area contributed by atoms with Crippen molar-refractivity contribution in [2.45, 2.75) is 39.7 Å². The molecule has 0 bridgehead atoms. The van der Waals surface area contributed by atoms with Crippen LogP contribution < -0.4 is 15.5 Å². The summed E-state index contributed by atoms with van der Waals surface area (Å²) in [5.41, 5.74) is 1.64. The van der Waals surface area contributed by atoms with Gasteiger partial charge in [-0.1, -0.05) is 13.8 Å². The molecule has 1 aromatic carbocycles. The molecule has 1 rings (SSSR count). The predicted octanol–water partition coefficient (Wildman–Crippen LogP) is 2.18. The molecule has 0 spiro atoms. The lowest BCUT2D eigenvalue weighted by Gasteiger charge is -2.19. The molecule has 0 saturated carbocycles. The van der Waals surface area contributed by atoms with E-state index < -0.39 is 6.04 Å². The number of anilines is 1. The molecule has 0 radical (unpaired) electrons. The van der Waals surface area contributed by atoms with Gasteiger partial charge in [0.2, 0.25) is 5.91 Å². The van der Waals surface area contributed by atoms with Crippen molar-refractivity contribution in [2.24, 2.45) is 0 Å². The maximum absolute atomic E-state index is 12.1. The number of carbonyl (C=O) groups is 2. The summed E-state index contributed by atoms with van der Waals surface area (Å²) >= 11 is 0. The van der Waals surface area contributed by atoms with Crippen LogP contribution >= 0.6 is 0 Å². The van der Waals surface area contributed by atoms with Crippen LogP contribution in [0.15, 0.2) is 24.3 Å². The molecule has 0 aliphatic heterocycles. The van der Waals surface area contributed by atoms with Gasteiger partial charge >= 0.3 is 0 Å². The Morgan fingerprint density at radius 2 is 1.77 bits per heavy atom. The normalized spacial score (nSPS) is 11.6. The van der Waals surface area contributed by atoms with Crippen molar-refractivity contribution < 1.29 is 9.59 Å². The highest BCUT2D eigenvalue weighted by atomic mass is 16.2. The molecule has 1 atom stereocenters. The molecule has 1 aromatic rings. The van der Waals surface area contributed by atoms with Crippen LogP contribution in [0.25, 0.3) is 0 Å². The van der Waals surface area contributed by atoms with E-state index in [1.165, 1.54) is 0 Å². The van der Waals surface area contributed by atoms with Gasteiger partial charge in [0, 0.05) is 31.4 Å².